The van der Waals surface area contributed by atoms with Gasteiger partial charge in [-0.3, -0.25) is 9.69 Å². The van der Waals surface area contributed by atoms with Crippen LogP contribution in [0.4, 0.5) is 0 Å². The van der Waals surface area contributed by atoms with Crippen molar-refractivity contribution in [2.45, 2.75) is 71.3 Å². The molecule has 19 heavy (non-hydrogen) atoms. The lowest BCUT2D eigenvalue weighted by molar-refractivity contribution is -0.151. The molecule has 1 saturated carbocycles. The highest BCUT2D eigenvalue weighted by Gasteiger charge is 2.39. The second-order valence-corrected chi connectivity index (χ2v) is 6.88. The number of carboxylic acids is 1. The SMILES string of the molecule is CCC1CCCC(N2CCCC(C)(C(=O)O)C2)CC1. The van der Waals surface area contributed by atoms with Crippen LogP contribution in [0.2, 0.25) is 0 Å². The van der Waals surface area contributed by atoms with Crippen LogP contribution in [0, 0.1) is 11.3 Å². The molecule has 110 valence electrons. The van der Waals surface area contributed by atoms with Gasteiger partial charge in [0.15, 0.2) is 0 Å². The maximum absolute atomic E-state index is 11.4. The number of aliphatic carboxylic acids is 1. The summed E-state index contributed by atoms with van der Waals surface area (Å²) in [5, 5.41) is 9.42. The Kier molecular flexibility index (Phi) is 4.88. The van der Waals surface area contributed by atoms with Crippen LogP contribution < -0.4 is 0 Å². The number of carbonyl (C=O) groups is 1. The van der Waals surface area contributed by atoms with E-state index >= 15 is 0 Å². The molecule has 1 aliphatic carbocycles. The van der Waals surface area contributed by atoms with Gasteiger partial charge in [0.1, 0.15) is 0 Å². The Balaban J connectivity index is 1.95. The van der Waals surface area contributed by atoms with Crippen LogP contribution in [0.1, 0.15) is 65.2 Å². The number of hydrogen-bond donors (Lipinski definition) is 1. The Morgan fingerprint density at radius 3 is 2.74 bits per heavy atom. The molecule has 0 amide bonds. The first-order valence-corrected chi connectivity index (χ1v) is 8.02. The summed E-state index contributed by atoms with van der Waals surface area (Å²) in [5.41, 5.74) is -0.519. The molecule has 2 rings (SSSR count). The minimum absolute atomic E-state index is 0.519. The van der Waals surface area contributed by atoms with Crippen LogP contribution in [0.5, 0.6) is 0 Å². The number of carboxylic acid groups (broad SMARTS) is 1. The lowest BCUT2D eigenvalue weighted by Gasteiger charge is -2.41. The van der Waals surface area contributed by atoms with Crippen molar-refractivity contribution in [3.05, 3.63) is 0 Å². The number of nitrogens with zero attached hydrogens (tertiary/aromatic N) is 1. The van der Waals surface area contributed by atoms with Crippen molar-refractivity contribution in [2.24, 2.45) is 11.3 Å². The van der Waals surface area contributed by atoms with E-state index in [-0.39, 0.29) is 0 Å². The van der Waals surface area contributed by atoms with Gasteiger partial charge in [0.2, 0.25) is 0 Å². The molecule has 0 spiro atoms. The summed E-state index contributed by atoms with van der Waals surface area (Å²) >= 11 is 0. The fraction of sp³-hybridized carbons (Fsp3) is 0.938. The van der Waals surface area contributed by atoms with Crippen LogP contribution in [-0.4, -0.2) is 35.1 Å². The molecule has 0 radical (unpaired) electrons. The zero-order chi connectivity index (χ0) is 13.9. The van der Waals surface area contributed by atoms with E-state index in [0.29, 0.717) is 6.04 Å². The Bertz CT molecular complexity index is 318. The summed E-state index contributed by atoms with van der Waals surface area (Å²) in [6.45, 7) is 6.08. The quantitative estimate of drug-likeness (QED) is 0.795. The van der Waals surface area contributed by atoms with Gasteiger partial charge in [-0.1, -0.05) is 26.2 Å². The molecular weight excluding hydrogens is 238 g/mol. The number of likely N-dealkylation sites (tertiary alicyclic amines) is 1. The van der Waals surface area contributed by atoms with E-state index in [1.54, 1.807) is 0 Å². The normalized spacial score (nSPS) is 37.8. The standard InChI is InChI=1S/C16H29NO2/c1-3-13-6-4-7-14(9-8-13)17-11-5-10-16(2,12-17)15(18)19/h13-14H,3-12H2,1-2H3,(H,18,19). The van der Waals surface area contributed by atoms with Gasteiger partial charge in [-0.2, -0.15) is 0 Å². The van der Waals surface area contributed by atoms with Gasteiger partial charge in [-0.25, -0.2) is 0 Å². The fourth-order valence-corrected chi connectivity index (χ4v) is 3.90. The molecular formula is C16H29NO2. The molecule has 2 fully saturated rings. The van der Waals surface area contributed by atoms with E-state index in [1.807, 2.05) is 6.92 Å². The van der Waals surface area contributed by atoms with Crippen molar-refractivity contribution in [3.63, 3.8) is 0 Å². The van der Waals surface area contributed by atoms with Gasteiger partial charge >= 0.3 is 5.97 Å². The van der Waals surface area contributed by atoms with E-state index in [2.05, 4.69) is 11.8 Å². The van der Waals surface area contributed by atoms with Gasteiger partial charge < -0.3 is 5.11 Å². The second kappa shape index (κ2) is 6.25. The highest BCUT2D eigenvalue weighted by molar-refractivity contribution is 5.74. The monoisotopic (exact) mass is 267 g/mol. The van der Waals surface area contributed by atoms with Gasteiger partial charge in [0.25, 0.3) is 0 Å². The second-order valence-electron chi connectivity index (χ2n) is 6.88. The molecule has 1 heterocycles. The van der Waals surface area contributed by atoms with Gasteiger partial charge in [-0.15, -0.1) is 0 Å². The van der Waals surface area contributed by atoms with Crippen LogP contribution in [0.15, 0.2) is 0 Å². The lowest BCUT2D eigenvalue weighted by Crippen LogP contribution is -2.49. The van der Waals surface area contributed by atoms with Gasteiger partial charge in [0, 0.05) is 12.6 Å². The number of rotatable bonds is 3. The van der Waals surface area contributed by atoms with Crippen molar-refractivity contribution in [3.8, 4) is 0 Å². The first kappa shape index (κ1) is 14.8. The Labute approximate surface area is 117 Å². The fourth-order valence-electron chi connectivity index (χ4n) is 3.90. The molecule has 0 aromatic rings. The third-order valence-corrected chi connectivity index (χ3v) is 5.39. The van der Waals surface area contributed by atoms with E-state index in [4.69, 9.17) is 0 Å². The molecule has 3 heteroatoms. The van der Waals surface area contributed by atoms with Gasteiger partial charge in [-0.05, 0) is 51.5 Å². The zero-order valence-corrected chi connectivity index (χ0v) is 12.5. The van der Waals surface area contributed by atoms with Crippen molar-refractivity contribution >= 4 is 5.97 Å². The van der Waals surface area contributed by atoms with E-state index in [9.17, 15) is 9.90 Å². The molecule has 3 unspecified atom stereocenters. The maximum atomic E-state index is 11.4. The Morgan fingerprint density at radius 1 is 1.26 bits per heavy atom. The summed E-state index contributed by atoms with van der Waals surface area (Å²) in [4.78, 5) is 13.9. The highest BCUT2D eigenvalue weighted by Crippen LogP contribution is 2.34. The molecule has 1 aliphatic heterocycles. The minimum atomic E-state index is -0.614. The van der Waals surface area contributed by atoms with E-state index in [1.165, 1.54) is 38.5 Å². The topological polar surface area (TPSA) is 40.5 Å². The molecule has 0 bridgehead atoms. The number of piperidine rings is 1. The molecule has 0 aromatic carbocycles. The Hall–Kier alpha value is -0.570. The minimum Gasteiger partial charge on any atom is -0.481 e. The third-order valence-electron chi connectivity index (χ3n) is 5.39. The molecule has 3 nitrogen and oxygen atoms in total. The molecule has 2 aliphatic rings. The average molecular weight is 267 g/mol. The smallest absolute Gasteiger partial charge is 0.310 e. The van der Waals surface area contributed by atoms with Crippen molar-refractivity contribution in [2.75, 3.05) is 13.1 Å². The molecule has 3 atom stereocenters. The first-order chi connectivity index (χ1) is 9.05. The summed E-state index contributed by atoms with van der Waals surface area (Å²) < 4.78 is 0. The van der Waals surface area contributed by atoms with Crippen LogP contribution in [-0.2, 0) is 4.79 Å². The van der Waals surface area contributed by atoms with Crippen molar-refractivity contribution < 1.29 is 9.90 Å². The molecule has 0 aromatic heterocycles. The summed E-state index contributed by atoms with van der Waals surface area (Å²) in [5.74, 6) is 0.290. The van der Waals surface area contributed by atoms with E-state index in [0.717, 1.165) is 31.8 Å². The largest absolute Gasteiger partial charge is 0.481 e. The molecule has 1 N–H and O–H groups in total. The van der Waals surface area contributed by atoms with Crippen molar-refractivity contribution in [1.29, 1.82) is 0 Å². The predicted molar refractivity (Wildman–Crippen MR) is 77.2 cm³/mol. The summed E-state index contributed by atoms with van der Waals surface area (Å²) in [6.07, 6.45) is 9.75. The third kappa shape index (κ3) is 3.50. The molecule has 1 saturated heterocycles. The average Bonchev–Trinajstić information content (AvgIpc) is 2.64. The lowest BCUT2D eigenvalue weighted by atomic mass is 9.81. The van der Waals surface area contributed by atoms with Crippen LogP contribution >= 0.6 is 0 Å². The van der Waals surface area contributed by atoms with Crippen molar-refractivity contribution in [1.82, 2.24) is 4.90 Å². The zero-order valence-electron chi connectivity index (χ0n) is 12.5. The highest BCUT2D eigenvalue weighted by atomic mass is 16.4. The Morgan fingerprint density at radius 2 is 2.05 bits per heavy atom. The maximum Gasteiger partial charge on any atom is 0.310 e. The van der Waals surface area contributed by atoms with E-state index < -0.39 is 11.4 Å². The first-order valence-electron chi connectivity index (χ1n) is 8.02. The van der Waals surface area contributed by atoms with Gasteiger partial charge in [0.05, 0.1) is 5.41 Å². The van der Waals surface area contributed by atoms with Crippen LogP contribution in [0.3, 0.4) is 0 Å². The summed E-state index contributed by atoms with van der Waals surface area (Å²) in [6, 6.07) is 0.635. The predicted octanol–water partition coefficient (Wildman–Crippen LogP) is 3.53. The summed E-state index contributed by atoms with van der Waals surface area (Å²) in [7, 11) is 0. The van der Waals surface area contributed by atoms with Crippen LogP contribution in [0.25, 0.3) is 0 Å². The number of hydrogen-bond acceptors (Lipinski definition) is 2.